The summed E-state index contributed by atoms with van der Waals surface area (Å²) in [6, 6.07) is 5.30. The van der Waals surface area contributed by atoms with Crippen LogP contribution in [0.15, 0.2) is 18.2 Å². The van der Waals surface area contributed by atoms with Gasteiger partial charge in [-0.2, -0.15) is 0 Å². The molecule has 19 heavy (non-hydrogen) atoms. The van der Waals surface area contributed by atoms with Gasteiger partial charge in [0.15, 0.2) is 0 Å². The second kappa shape index (κ2) is 5.83. The predicted octanol–water partition coefficient (Wildman–Crippen LogP) is 3.59. The lowest BCUT2D eigenvalue weighted by Crippen LogP contribution is -2.44. The molecule has 0 saturated heterocycles. The van der Waals surface area contributed by atoms with E-state index in [9.17, 15) is 9.90 Å². The minimum atomic E-state index is -0.739. The number of hydrogen-bond acceptors (Lipinski definition) is 2. The number of anilines is 1. The molecule has 0 aromatic heterocycles. The van der Waals surface area contributed by atoms with Gasteiger partial charge in [0, 0.05) is 17.3 Å². The Hall–Kier alpha value is -1.22. The average Bonchev–Trinajstić information content (AvgIpc) is 2.34. The van der Waals surface area contributed by atoms with E-state index in [0.717, 1.165) is 35.7 Å². The molecule has 0 saturated carbocycles. The Bertz CT molecular complexity index is 473. The molecule has 1 unspecified atom stereocenters. The smallest absolute Gasteiger partial charge is 0.326 e. The van der Waals surface area contributed by atoms with Crippen molar-refractivity contribution >= 4 is 23.3 Å². The molecule has 0 spiro atoms. The Kier molecular flexibility index (Phi) is 4.35. The maximum absolute atomic E-state index is 11.5. The predicted molar refractivity (Wildman–Crippen MR) is 78.0 cm³/mol. The van der Waals surface area contributed by atoms with E-state index in [1.807, 2.05) is 23.1 Å². The van der Waals surface area contributed by atoms with E-state index >= 15 is 0 Å². The first-order chi connectivity index (χ1) is 8.99. The van der Waals surface area contributed by atoms with Gasteiger partial charge >= 0.3 is 5.97 Å². The summed E-state index contributed by atoms with van der Waals surface area (Å²) in [6.07, 6.45) is 2.62. The van der Waals surface area contributed by atoms with E-state index in [1.165, 1.54) is 0 Å². The van der Waals surface area contributed by atoms with E-state index in [0.29, 0.717) is 12.3 Å². The molecule has 1 aliphatic rings. The highest BCUT2D eigenvalue weighted by atomic mass is 35.5. The molecule has 4 heteroatoms. The lowest BCUT2D eigenvalue weighted by molar-refractivity contribution is -0.139. The number of hydrogen-bond donors (Lipinski definition) is 1. The molecule has 0 fully saturated rings. The average molecular weight is 282 g/mol. The van der Waals surface area contributed by atoms with Crippen LogP contribution in [0.2, 0.25) is 5.02 Å². The van der Waals surface area contributed by atoms with Gasteiger partial charge in [0.1, 0.15) is 6.04 Å². The van der Waals surface area contributed by atoms with Crippen LogP contribution in [0.4, 0.5) is 5.69 Å². The second-order valence-corrected chi connectivity index (χ2v) is 5.99. The molecule has 1 aromatic rings. The van der Waals surface area contributed by atoms with Crippen molar-refractivity contribution in [2.45, 2.75) is 39.2 Å². The van der Waals surface area contributed by atoms with Gasteiger partial charge in [-0.05, 0) is 48.9 Å². The molecule has 3 nitrogen and oxygen atoms in total. The van der Waals surface area contributed by atoms with Crippen molar-refractivity contribution in [2.24, 2.45) is 5.92 Å². The topological polar surface area (TPSA) is 40.5 Å². The molecule has 1 atom stereocenters. The second-order valence-electron chi connectivity index (χ2n) is 5.55. The SMILES string of the molecule is CC(C)CC(C(=O)O)N1CCCc2cc(Cl)ccc21. The summed E-state index contributed by atoms with van der Waals surface area (Å²) in [4.78, 5) is 13.6. The van der Waals surface area contributed by atoms with Gasteiger partial charge in [0.2, 0.25) is 0 Å². The lowest BCUT2D eigenvalue weighted by atomic mass is 9.96. The minimum absolute atomic E-state index is 0.360. The zero-order valence-electron chi connectivity index (χ0n) is 11.4. The summed E-state index contributed by atoms with van der Waals surface area (Å²) in [6.45, 7) is 4.92. The first-order valence-corrected chi connectivity index (χ1v) is 7.14. The number of fused-ring (bicyclic) bond motifs is 1. The standard InChI is InChI=1S/C15H20ClNO2/c1-10(2)8-14(15(18)19)17-7-3-4-11-9-12(16)5-6-13(11)17/h5-6,9-10,14H,3-4,7-8H2,1-2H3,(H,18,19). The summed E-state index contributed by atoms with van der Waals surface area (Å²) in [5, 5.41) is 10.2. The maximum Gasteiger partial charge on any atom is 0.326 e. The number of aliphatic carboxylic acids is 1. The summed E-state index contributed by atoms with van der Waals surface area (Å²) in [7, 11) is 0. The zero-order chi connectivity index (χ0) is 14.0. The molecule has 1 aromatic carbocycles. The lowest BCUT2D eigenvalue weighted by Gasteiger charge is -2.36. The van der Waals surface area contributed by atoms with Crippen LogP contribution >= 0.6 is 11.6 Å². The Balaban J connectivity index is 2.33. The molecule has 0 bridgehead atoms. The monoisotopic (exact) mass is 281 g/mol. The van der Waals surface area contributed by atoms with Gasteiger partial charge in [-0.25, -0.2) is 4.79 Å². The maximum atomic E-state index is 11.5. The van der Waals surface area contributed by atoms with Crippen LogP contribution in [0.3, 0.4) is 0 Å². The fraction of sp³-hybridized carbons (Fsp3) is 0.533. The van der Waals surface area contributed by atoms with Crippen molar-refractivity contribution in [3.05, 3.63) is 28.8 Å². The number of halogens is 1. The van der Waals surface area contributed by atoms with Crippen LogP contribution in [0.25, 0.3) is 0 Å². The molecule has 2 rings (SSSR count). The van der Waals surface area contributed by atoms with Crippen molar-refractivity contribution in [1.29, 1.82) is 0 Å². The molecular formula is C15H20ClNO2. The molecule has 0 aliphatic carbocycles. The van der Waals surface area contributed by atoms with E-state index in [1.54, 1.807) is 0 Å². The van der Waals surface area contributed by atoms with Crippen molar-refractivity contribution < 1.29 is 9.90 Å². The third kappa shape index (κ3) is 3.21. The highest BCUT2D eigenvalue weighted by molar-refractivity contribution is 6.30. The molecule has 1 aliphatic heterocycles. The number of carboxylic acid groups (broad SMARTS) is 1. The minimum Gasteiger partial charge on any atom is -0.480 e. The third-order valence-electron chi connectivity index (χ3n) is 3.55. The number of carbonyl (C=O) groups is 1. The number of rotatable bonds is 4. The van der Waals surface area contributed by atoms with Crippen LogP contribution < -0.4 is 4.90 Å². The van der Waals surface area contributed by atoms with Crippen LogP contribution in [0.1, 0.15) is 32.3 Å². The van der Waals surface area contributed by atoms with Crippen molar-refractivity contribution in [1.82, 2.24) is 0 Å². The zero-order valence-corrected chi connectivity index (χ0v) is 12.2. The fourth-order valence-corrected chi connectivity index (χ4v) is 2.92. The van der Waals surface area contributed by atoms with Crippen LogP contribution in [-0.2, 0) is 11.2 Å². The number of aryl methyl sites for hydroxylation is 1. The summed E-state index contributed by atoms with van der Waals surface area (Å²) in [5.41, 5.74) is 2.19. The summed E-state index contributed by atoms with van der Waals surface area (Å²) in [5.74, 6) is -0.379. The molecule has 1 N–H and O–H groups in total. The summed E-state index contributed by atoms with van der Waals surface area (Å²) >= 11 is 6.02. The van der Waals surface area contributed by atoms with E-state index in [2.05, 4.69) is 13.8 Å². The van der Waals surface area contributed by atoms with Crippen molar-refractivity contribution in [3.8, 4) is 0 Å². The molecule has 104 valence electrons. The van der Waals surface area contributed by atoms with Gasteiger partial charge < -0.3 is 10.0 Å². The third-order valence-corrected chi connectivity index (χ3v) is 3.79. The van der Waals surface area contributed by atoms with Gasteiger partial charge in [-0.1, -0.05) is 25.4 Å². The Morgan fingerprint density at radius 2 is 2.21 bits per heavy atom. The summed E-state index contributed by atoms with van der Waals surface area (Å²) < 4.78 is 0. The molecule has 0 amide bonds. The van der Waals surface area contributed by atoms with Gasteiger partial charge in [0.05, 0.1) is 0 Å². The van der Waals surface area contributed by atoms with E-state index in [4.69, 9.17) is 11.6 Å². The Morgan fingerprint density at radius 1 is 1.47 bits per heavy atom. The number of carboxylic acids is 1. The molecule has 1 heterocycles. The van der Waals surface area contributed by atoms with Crippen molar-refractivity contribution in [3.63, 3.8) is 0 Å². The first-order valence-electron chi connectivity index (χ1n) is 6.77. The number of nitrogens with zero attached hydrogens (tertiary/aromatic N) is 1. The fourth-order valence-electron chi connectivity index (χ4n) is 2.73. The quantitative estimate of drug-likeness (QED) is 0.917. The normalized spacial score (nSPS) is 16.3. The van der Waals surface area contributed by atoms with Gasteiger partial charge in [-0.3, -0.25) is 0 Å². The molecule has 0 radical (unpaired) electrons. The largest absolute Gasteiger partial charge is 0.480 e. The van der Waals surface area contributed by atoms with Crippen molar-refractivity contribution in [2.75, 3.05) is 11.4 Å². The van der Waals surface area contributed by atoms with Crippen LogP contribution in [0.5, 0.6) is 0 Å². The van der Waals surface area contributed by atoms with Gasteiger partial charge in [-0.15, -0.1) is 0 Å². The molecular weight excluding hydrogens is 262 g/mol. The highest BCUT2D eigenvalue weighted by Crippen LogP contribution is 2.32. The highest BCUT2D eigenvalue weighted by Gasteiger charge is 2.29. The number of benzene rings is 1. The van der Waals surface area contributed by atoms with Gasteiger partial charge in [0.25, 0.3) is 0 Å². The first kappa shape index (κ1) is 14.2. The van der Waals surface area contributed by atoms with Crippen LogP contribution in [-0.4, -0.2) is 23.7 Å². The van der Waals surface area contributed by atoms with E-state index < -0.39 is 12.0 Å². The Labute approximate surface area is 119 Å². The van der Waals surface area contributed by atoms with Crippen LogP contribution in [0, 0.1) is 5.92 Å². The Morgan fingerprint density at radius 3 is 2.84 bits per heavy atom. The van der Waals surface area contributed by atoms with E-state index in [-0.39, 0.29) is 0 Å².